The third kappa shape index (κ3) is 3.67. The molecule has 6 heteroatoms. The van der Waals surface area contributed by atoms with Gasteiger partial charge in [0.25, 0.3) is 5.56 Å². The molecule has 0 saturated carbocycles. The second kappa shape index (κ2) is 8.21. The van der Waals surface area contributed by atoms with Gasteiger partial charge < -0.3 is 14.0 Å². The number of hydrogen-bond acceptors (Lipinski definition) is 4. The van der Waals surface area contributed by atoms with Crippen LogP contribution in [-0.4, -0.2) is 17.1 Å². The summed E-state index contributed by atoms with van der Waals surface area (Å²) >= 11 is 5.13. The standard InChI is InChI=1S/C22H22BrNO3S/c1-3-4-9-28-21-14(2)17-10-19-20(27-13-26-19)11-18(17)24(22(21)25)12-15-5-7-16(23)8-6-15/h5-8,10-11H,3-4,9,12-13H2,1-2H3. The average molecular weight is 460 g/mol. The van der Waals surface area contributed by atoms with Crippen molar-refractivity contribution >= 4 is 38.6 Å². The maximum atomic E-state index is 13.4. The molecule has 4 rings (SSSR count). The van der Waals surface area contributed by atoms with Crippen LogP contribution in [0.4, 0.5) is 0 Å². The Balaban J connectivity index is 1.89. The first-order valence-corrected chi connectivity index (χ1v) is 11.2. The maximum Gasteiger partial charge on any atom is 0.265 e. The predicted octanol–water partition coefficient (Wildman–Crippen LogP) is 5.74. The number of fused-ring (bicyclic) bond motifs is 2. The van der Waals surface area contributed by atoms with Crippen molar-refractivity contribution in [2.45, 2.75) is 38.1 Å². The van der Waals surface area contributed by atoms with Crippen molar-refractivity contribution in [1.82, 2.24) is 4.57 Å². The molecule has 0 aliphatic carbocycles. The first-order chi connectivity index (χ1) is 13.6. The van der Waals surface area contributed by atoms with E-state index >= 15 is 0 Å². The molecular weight excluding hydrogens is 438 g/mol. The quantitative estimate of drug-likeness (QED) is 0.347. The Morgan fingerprint density at radius 2 is 1.86 bits per heavy atom. The molecule has 3 aromatic rings. The summed E-state index contributed by atoms with van der Waals surface area (Å²) in [4.78, 5) is 14.3. The molecule has 0 spiro atoms. The average Bonchev–Trinajstić information content (AvgIpc) is 3.16. The molecule has 2 aromatic carbocycles. The number of thioether (sulfide) groups is 1. The smallest absolute Gasteiger partial charge is 0.265 e. The van der Waals surface area contributed by atoms with E-state index in [4.69, 9.17) is 9.47 Å². The minimum Gasteiger partial charge on any atom is -0.454 e. The molecule has 0 atom stereocenters. The van der Waals surface area contributed by atoms with Crippen LogP contribution in [0.3, 0.4) is 0 Å². The molecule has 0 radical (unpaired) electrons. The van der Waals surface area contributed by atoms with Crippen LogP contribution < -0.4 is 15.0 Å². The topological polar surface area (TPSA) is 40.5 Å². The summed E-state index contributed by atoms with van der Waals surface area (Å²) in [6.07, 6.45) is 2.21. The minimum absolute atomic E-state index is 0.0629. The summed E-state index contributed by atoms with van der Waals surface area (Å²) in [5, 5.41) is 1.04. The first-order valence-electron chi connectivity index (χ1n) is 9.42. The van der Waals surface area contributed by atoms with Gasteiger partial charge in [-0.3, -0.25) is 4.79 Å². The summed E-state index contributed by atoms with van der Waals surface area (Å²) in [5.74, 6) is 2.39. The molecule has 1 aliphatic rings. The van der Waals surface area contributed by atoms with Gasteiger partial charge in [-0.15, -0.1) is 11.8 Å². The highest BCUT2D eigenvalue weighted by atomic mass is 79.9. The lowest BCUT2D eigenvalue weighted by atomic mass is 10.1. The Bertz CT molecular complexity index is 1080. The van der Waals surface area contributed by atoms with Gasteiger partial charge in [-0.2, -0.15) is 0 Å². The highest BCUT2D eigenvalue weighted by Crippen LogP contribution is 2.38. The zero-order valence-electron chi connectivity index (χ0n) is 16.0. The Hall–Kier alpha value is -1.92. The van der Waals surface area contributed by atoms with E-state index in [9.17, 15) is 4.79 Å². The number of rotatable bonds is 6. The highest BCUT2D eigenvalue weighted by Gasteiger charge is 2.20. The number of unbranched alkanes of at least 4 members (excludes halogenated alkanes) is 1. The van der Waals surface area contributed by atoms with Crippen LogP contribution in [-0.2, 0) is 6.54 Å². The van der Waals surface area contributed by atoms with E-state index in [0.717, 1.165) is 55.7 Å². The Labute approximate surface area is 177 Å². The lowest BCUT2D eigenvalue weighted by molar-refractivity contribution is 0.174. The molecule has 0 amide bonds. The second-order valence-corrected chi connectivity index (χ2v) is 8.92. The SMILES string of the molecule is CCCCSc1c(C)c2cc3c(cc2n(Cc2ccc(Br)cc2)c1=O)OCO3. The van der Waals surface area contributed by atoms with E-state index in [1.54, 1.807) is 11.8 Å². The molecular formula is C22H22BrNO3S. The van der Waals surface area contributed by atoms with Crippen LogP contribution in [0.5, 0.6) is 11.5 Å². The molecule has 4 nitrogen and oxygen atoms in total. The van der Waals surface area contributed by atoms with Gasteiger partial charge in [0.1, 0.15) is 0 Å². The second-order valence-electron chi connectivity index (χ2n) is 6.90. The van der Waals surface area contributed by atoms with Crippen LogP contribution in [0.15, 0.2) is 50.6 Å². The van der Waals surface area contributed by atoms with Crippen LogP contribution in [0, 0.1) is 6.92 Å². The van der Waals surface area contributed by atoms with E-state index in [0.29, 0.717) is 12.3 Å². The fourth-order valence-electron chi connectivity index (χ4n) is 3.39. The van der Waals surface area contributed by atoms with Gasteiger partial charge in [0.05, 0.1) is 17.0 Å². The Morgan fingerprint density at radius 1 is 1.14 bits per heavy atom. The van der Waals surface area contributed by atoms with Crippen molar-refractivity contribution in [3.05, 3.63) is 62.4 Å². The minimum atomic E-state index is 0.0629. The van der Waals surface area contributed by atoms with Crippen LogP contribution in [0.1, 0.15) is 30.9 Å². The van der Waals surface area contributed by atoms with Crippen molar-refractivity contribution < 1.29 is 9.47 Å². The fourth-order valence-corrected chi connectivity index (χ4v) is 4.85. The molecule has 146 valence electrons. The number of hydrogen-bond donors (Lipinski definition) is 0. The van der Waals surface area contributed by atoms with Crippen molar-refractivity contribution in [3.8, 4) is 11.5 Å². The van der Waals surface area contributed by atoms with Gasteiger partial charge in [0.15, 0.2) is 11.5 Å². The molecule has 0 unspecified atom stereocenters. The van der Waals surface area contributed by atoms with E-state index in [1.165, 1.54) is 0 Å². The van der Waals surface area contributed by atoms with Crippen molar-refractivity contribution in [3.63, 3.8) is 0 Å². The number of ether oxygens (including phenoxy) is 2. The summed E-state index contributed by atoms with van der Waals surface area (Å²) < 4.78 is 14.0. The Kier molecular flexibility index (Phi) is 5.69. The van der Waals surface area contributed by atoms with Crippen molar-refractivity contribution in [1.29, 1.82) is 0 Å². The number of halogens is 1. The normalized spacial score (nSPS) is 12.7. The number of pyridine rings is 1. The third-order valence-electron chi connectivity index (χ3n) is 4.96. The molecule has 28 heavy (non-hydrogen) atoms. The van der Waals surface area contributed by atoms with Crippen molar-refractivity contribution in [2.24, 2.45) is 0 Å². The van der Waals surface area contributed by atoms with E-state index < -0.39 is 0 Å². The number of aryl methyl sites for hydroxylation is 1. The molecule has 2 heterocycles. The lowest BCUT2D eigenvalue weighted by Gasteiger charge is -2.17. The van der Waals surface area contributed by atoms with Gasteiger partial charge in [-0.05, 0) is 48.4 Å². The predicted molar refractivity (Wildman–Crippen MR) is 118 cm³/mol. The Morgan fingerprint density at radius 3 is 2.57 bits per heavy atom. The summed E-state index contributed by atoms with van der Waals surface area (Å²) in [6.45, 7) is 4.94. The summed E-state index contributed by atoms with van der Waals surface area (Å²) in [7, 11) is 0. The molecule has 1 aromatic heterocycles. The van der Waals surface area contributed by atoms with Gasteiger partial charge in [0, 0.05) is 15.9 Å². The molecule has 1 aliphatic heterocycles. The fraction of sp³-hybridized carbons (Fsp3) is 0.318. The van der Waals surface area contributed by atoms with Gasteiger partial charge in [-0.25, -0.2) is 0 Å². The monoisotopic (exact) mass is 459 g/mol. The molecule has 0 bridgehead atoms. The third-order valence-corrected chi connectivity index (χ3v) is 6.75. The first kappa shape index (κ1) is 19.4. The molecule has 0 saturated heterocycles. The van der Waals surface area contributed by atoms with Crippen LogP contribution >= 0.6 is 27.7 Å². The highest BCUT2D eigenvalue weighted by molar-refractivity contribution is 9.10. The van der Waals surface area contributed by atoms with E-state index in [-0.39, 0.29) is 12.4 Å². The van der Waals surface area contributed by atoms with Gasteiger partial charge >= 0.3 is 0 Å². The number of nitrogens with zero attached hydrogens (tertiary/aromatic N) is 1. The summed E-state index contributed by atoms with van der Waals surface area (Å²) in [5.41, 5.74) is 3.05. The van der Waals surface area contributed by atoms with Crippen LogP contribution in [0.2, 0.25) is 0 Å². The summed E-state index contributed by atoms with van der Waals surface area (Å²) in [6, 6.07) is 12.0. The number of benzene rings is 2. The lowest BCUT2D eigenvalue weighted by Crippen LogP contribution is -2.24. The molecule has 0 N–H and O–H groups in total. The van der Waals surface area contributed by atoms with Crippen LogP contribution in [0.25, 0.3) is 10.9 Å². The maximum absolute atomic E-state index is 13.4. The van der Waals surface area contributed by atoms with E-state index in [1.807, 2.05) is 47.9 Å². The number of aromatic nitrogens is 1. The zero-order chi connectivity index (χ0) is 19.7. The van der Waals surface area contributed by atoms with Crippen molar-refractivity contribution in [2.75, 3.05) is 12.5 Å². The van der Waals surface area contributed by atoms with Gasteiger partial charge in [0.2, 0.25) is 6.79 Å². The van der Waals surface area contributed by atoms with E-state index in [2.05, 4.69) is 22.9 Å². The molecule has 0 fully saturated rings. The largest absolute Gasteiger partial charge is 0.454 e. The zero-order valence-corrected chi connectivity index (χ0v) is 18.4. The van der Waals surface area contributed by atoms with Gasteiger partial charge in [-0.1, -0.05) is 41.4 Å².